The highest BCUT2D eigenvalue weighted by Crippen LogP contribution is 2.30. The van der Waals surface area contributed by atoms with E-state index in [0.717, 1.165) is 32.2 Å². The first-order chi connectivity index (χ1) is 13.5. The third kappa shape index (κ3) is 3.15. The molecule has 0 saturated heterocycles. The second-order valence-corrected chi connectivity index (χ2v) is 8.14. The fraction of sp³-hybridized carbons (Fsp3) is 0.167. The first-order valence-corrected chi connectivity index (χ1v) is 10.0. The van der Waals surface area contributed by atoms with Gasteiger partial charge >= 0.3 is 0 Å². The molecule has 2 heterocycles. The number of aromatic nitrogens is 2. The van der Waals surface area contributed by atoms with Gasteiger partial charge in [0.25, 0.3) is 0 Å². The van der Waals surface area contributed by atoms with E-state index in [0.29, 0.717) is 5.57 Å². The highest BCUT2D eigenvalue weighted by molar-refractivity contribution is 7.19. The molecule has 0 atom stereocenters. The molecule has 4 heteroatoms. The van der Waals surface area contributed by atoms with Crippen LogP contribution in [0.15, 0.2) is 48.5 Å². The van der Waals surface area contributed by atoms with Crippen molar-refractivity contribution in [3.8, 4) is 11.8 Å². The van der Waals surface area contributed by atoms with Gasteiger partial charge in [0.1, 0.15) is 11.1 Å². The summed E-state index contributed by atoms with van der Waals surface area (Å²) in [6.45, 7) is 8.45. The molecule has 0 radical (unpaired) electrons. The quantitative estimate of drug-likeness (QED) is 0.385. The van der Waals surface area contributed by atoms with Gasteiger partial charge in [-0.15, -0.1) is 11.3 Å². The molecular formula is C24H21N3S. The van der Waals surface area contributed by atoms with Crippen LogP contribution in [0.3, 0.4) is 0 Å². The Hall–Kier alpha value is -3.16. The maximum Gasteiger partial charge on any atom is 0.135 e. The SMILES string of the molecule is Cc1ccc(-n2c(C)cc(/C=C(\C#N)c3nc4ccccc4s3)c2C)c(C)c1. The number of nitrogens with zero attached hydrogens (tertiary/aromatic N) is 3. The number of aryl methyl sites for hydroxylation is 3. The topological polar surface area (TPSA) is 41.6 Å². The summed E-state index contributed by atoms with van der Waals surface area (Å²) in [5.74, 6) is 0. The van der Waals surface area contributed by atoms with Crippen molar-refractivity contribution in [3.05, 3.63) is 81.6 Å². The maximum absolute atomic E-state index is 9.77. The van der Waals surface area contributed by atoms with Gasteiger partial charge in [-0.05, 0) is 69.2 Å². The molecule has 4 rings (SSSR count). The number of allylic oxidation sites excluding steroid dienone is 1. The Labute approximate surface area is 169 Å². The van der Waals surface area contributed by atoms with Gasteiger partial charge < -0.3 is 4.57 Å². The van der Waals surface area contributed by atoms with Gasteiger partial charge in [-0.3, -0.25) is 0 Å². The Balaban J connectivity index is 1.82. The van der Waals surface area contributed by atoms with E-state index in [4.69, 9.17) is 0 Å². The molecular weight excluding hydrogens is 362 g/mol. The van der Waals surface area contributed by atoms with Gasteiger partial charge in [-0.1, -0.05) is 29.8 Å². The molecule has 0 aliphatic heterocycles. The van der Waals surface area contributed by atoms with Gasteiger partial charge in [0.05, 0.1) is 15.8 Å². The largest absolute Gasteiger partial charge is 0.318 e. The summed E-state index contributed by atoms with van der Waals surface area (Å²) >= 11 is 1.56. The lowest BCUT2D eigenvalue weighted by molar-refractivity contribution is 0.952. The number of thiazole rings is 1. The zero-order chi connectivity index (χ0) is 19.8. The zero-order valence-corrected chi connectivity index (χ0v) is 17.3. The molecule has 0 N–H and O–H groups in total. The van der Waals surface area contributed by atoms with Crippen LogP contribution in [0.25, 0.3) is 27.6 Å². The van der Waals surface area contributed by atoms with Gasteiger partial charge in [0.15, 0.2) is 0 Å². The summed E-state index contributed by atoms with van der Waals surface area (Å²) in [6, 6.07) is 19.0. The van der Waals surface area contributed by atoms with Crippen molar-refractivity contribution in [2.45, 2.75) is 27.7 Å². The molecule has 0 unspecified atom stereocenters. The van der Waals surface area contributed by atoms with E-state index >= 15 is 0 Å². The third-order valence-electron chi connectivity index (χ3n) is 5.01. The minimum Gasteiger partial charge on any atom is -0.318 e. The highest BCUT2D eigenvalue weighted by atomic mass is 32.1. The fourth-order valence-electron chi connectivity index (χ4n) is 3.65. The Morgan fingerprint density at radius 3 is 2.57 bits per heavy atom. The van der Waals surface area contributed by atoms with Gasteiger partial charge in [0.2, 0.25) is 0 Å². The van der Waals surface area contributed by atoms with E-state index in [1.54, 1.807) is 11.3 Å². The van der Waals surface area contributed by atoms with Crippen molar-refractivity contribution < 1.29 is 0 Å². The average molecular weight is 384 g/mol. The van der Waals surface area contributed by atoms with Crippen LogP contribution >= 0.6 is 11.3 Å². The number of fused-ring (bicyclic) bond motifs is 1. The van der Waals surface area contributed by atoms with Crippen LogP contribution in [0, 0.1) is 39.0 Å². The number of hydrogen-bond donors (Lipinski definition) is 0. The second-order valence-electron chi connectivity index (χ2n) is 7.11. The normalized spacial score (nSPS) is 11.8. The Morgan fingerprint density at radius 2 is 1.86 bits per heavy atom. The molecule has 2 aromatic carbocycles. The Kier molecular flexibility index (Phi) is 4.62. The molecule has 0 fully saturated rings. The monoisotopic (exact) mass is 383 g/mol. The van der Waals surface area contributed by atoms with Crippen LogP contribution in [-0.4, -0.2) is 9.55 Å². The summed E-state index contributed by atoms with van der Waals surface area (Å²) in [4.78, 5) is 4.64. The van der Waals surface area contributed by atoms with Gasteiger partial charge in [0, 0.05) is 17.1 Å². The standard InChI is InChI=1S/C24H21N3S/c1-15-9-10-22(16(2)11-15)27-17(3)12-19(18(27)4)13-20(14-25)24-26-21-7-5-6-8-23(21)28-24/h5-13H,1-4H3/b20-13+. The van der Waals surface area contributed by atoms with E-state index in [9.17, 15) is 5.26 Å². The summed E-state index contributed by atoms with van der Waals surface area (Å²) in [5, 5.41) is 10.5. The molecule has 0 bridgehead atoms. The first-order valence-electron chi connectivity index (χ1n) is 9.22. The molecule has 138 valence electrons. The molecule has 0 aliphatic carbocycles. The fourth-order valence-corrected chi connectivity index (χ4v) is 4.58. The molecule has 0 spiro atoms. The predicted molar refractivity (Wildman–Crippen MR) is 118 cm³/mol. The number of nitriles is 1. The van der Waals surface area contributed by atoms with Gasteiger partial charge in [-0.2, -0.15) is 5.26 Å². The zero-order valence-electron chi connectivity index (χ0n) is 16.4. The lowest BCUT2D eigenvalue weighted by Gasteiger charge is -2.13. The molecule has 0 aliphatic rings. The van der Waals surface area contributed by atoms with E-state index in [1.165, 1.54) is 16.8 Å². The number of hydrogen-bond acceptors (Lipinski definition) is 3. The van der Waals surface area contributed by atoms with Crippen molar-refractivity contribution in [2.24, 2.45) is 0 Å². The average Bonchev–Trinajstić information content (AvgIpc) is 3.21. The predicted octanol–water partition coefficient (Wildman–Crippen LogP) is 6.38. The van der Waals surface area contributed by atoms with Crippen LogP contribution in [0.1, 0.15) is 33.1 Å². The van der Waals surface area contributed by atoms with Crippen LogP contribution in [0.5, 0.6) is 0 Å². The molecule has 2 aromatic heterocycles. The molecule has 0 saturated carbocycles. The van der Waals surface area contributed by atoms with Crippen LogP contribution in [0.4, 0.5) is 0 Å². The van der Waals surface area contributed by atoms with Crippen LogP contribution in [-0.2, 0) is 0 Å². The van der Waals surface area contributed by atoms with Crippen LogP contribution < -0.4 is 0 Å². The minimum atomic E-state index is 0.599. The molecule has 3 nitrogen and oxygen atoms in total. The highest BCUT2D eigenvalue weighted by Gasteiger charge is 2.14. The van der Waals surface area contributed by atoms with E-state index in [2.05, 4.69) is 67.6 Å². The minimum absolute atomic E-state index is 0.599. The van der Waals surface area contributed by atoms with Crippen molar-refractivity contribution in [3.63, 3.8) is 0 Å². The van der Waals surface area contributed by atoms with Crippen molar-refractivity contribution in [1.29, 1.82) is 5.26 Å². The van der Waals surface area contributed by atoms with Crippen molar-refractivity contribution in [1.82, 2.24) is 9.55 Å². The smallest absolute Gasteiger partial charge is 0.135 e. The molecule has 0 amide bonds. The first kappa shape index (κ1) is 18.2. The van der Waals surface area contributed by atoms with E-state index < -0.39 is 0 Å². The van der Waals surface area contributed by atoms with Crippen LogP contribution in [0.2, 0.25) is 0 Å². The Morgan fingerprint density at radius 1 is 1.07 bits per heavy atom. The van der Waals surface area contributed by atoms with E-state index in [-0.39, 0.29) is 0 Å². The van der Waals surface area contributed by atoms with E-state index in [1.807, 2.05) is 30.3 Å². The third-order valence-corrected chi connectivity index (χ3v) is 6.08. The molecule has 28 heavy (non-hydrogen) atoms. The maximum atomic E-state index is 9.77. The lowest BCUT2D eigenvalue weighted by Crippen LogP contribution is -2.01. The summed E-state index contributed by atoms with van der Waals surface area (Å²) in [6.07, 6.45) is 1.96. The summed E-state index contributed by atoms with van der Waals surface area (Å²) in [7, 11) is 0. The number of rotatable bonds is 3. The second kappa shape index (κ2) is 7.10. The van der Waals surface area contributed by atoms with Gasteiger partial charge in [-0.25, -0.2) is 4.98 Å². The Bertz CT molecular complexity index is 1230. The lowest BCUT2D eigenvalue weighted by atomic mass is 10.1. The number of para-hydroxylation sites is 1. The molecule has 4 aromatic rings. The number of benzene rings is 2. The summed E-state index contributed by atoms with van der Waals surface area (Å²) in [5.41, 5.74) is 8.53. The van der Waals surface area contributed by atoms with Crippen molar-refractivity contribution in [2.75, 3.05) is 0 Å². The summed E-state index contributed by atoms with van der Waals surface area (Å²) < 4.78 is 3.35. The van der Waals surface area contributed by atoms with Crippen molar-refractivity contribution >= 4 is 33.2 Å².